The van der Waals surface area contributed by atoms with Crippen molar-refractivity contribution in [2.45, 2.75) is 38.8 Å². The summed E-state index contributed by atoms with van der Waals surface area (Å²) in [5.74, 6) is -1.79. The van der Waals surface area contributed by atoms with Crippen LogP contribution in [0, 0.1) is 5.92 Å². The molecule has 0 bridgehead atoms. The average Bonchev–Trinajstić information content (AvgIpc) is 3.08. The number of alkyl carbamates (subject to hydrolysis) is 1. The number of carbonyl (C=O) groups excluding carboxylic acids is 3. The Bertz CT molecular complexity index is 560. The number of aliphatic carboxylic acids is 1. The first-order chi connectivity index (χ1) is 12.6. The minimum absolute atomic E-state index is 0.134. The molecule has 0 aromatic heterocycles. The topological polar surface area (TPSA) is 166 Å². The number of thioether (sulfide) groups is 1. The van der Waals surface area contributed by atoms with Gasteiger partial charge in [-0.1, -0.05) is 18.7 Å². The number of carboxylic acids is 1. The van der Waals surface area contributed by atoms with E-state index in [1.54, 1.807) is 6.92 Å². The lowest BCUT2D eigenvalue weighted by Crippen LogP contribution is -2.43. The van der Waals surface area contributed by atoms with Crippen LogP contribution in [0.5, 0.6) is 0 Å². The summed E-state index contributed by atoms with van der Waals surface area (Å²) in [7, 11) is 0. The lowest BCUT2D eigenvalue weighted by atomic mass is 10.1. The molecule has 1 unspecified atom stereocenters. The van der Waals surface area contributed by atoms with E-state index in [1.807, 2.05) is 0 Å². The van der Waals surface area contributed by atoms with Crippen molar-refractivity contribution in [3.63, 3.8) is 0 Å². The van der Waals surface area contributed by atoms with Crippen LogP contribution in [0.25, 0.3) is 0 Å². The maximum atomic E-state index is 12.4. The summed E-state index contributed by atoms with van der Waals surface area (Å²) >= 11 is 0.836. The van der Waals surface area contributed by atoms with Crippen molar-refractivity contribution in [1.82, 2.24) is 15.6 Å². The highest BCUT2D eigenvalue weighted by molar-refractivity contribution is 8.13. The van der Waals surface area contributed by atoms with Gasteiger partial charge in [-0.25, -0.2) is 14.4 Å². The number of hydrogen-bond donors (Lipinski definition) is 4. The fourth-order valence-corrected chi connectivity index (χ4v) is 3.24. The first kappa shape index (κ1) is 23.1. The van der Waals surface area contributed by atoms with Crippen LogP contribution in [0.1, 0.15) is 26.7 Å². The van der Waals surface area contributed by atoms with E-state index in [0.29, 0.717) is 19.4 Å². The van der Waals surface area contributed by atoms with E-state index >= 15 is 0 Å². The highest BCUT2D eigenvalue weighted by Gasteiger charge is 2.36. The Morgan fingerprint density at radius 1 is 1.30 bits per heavy atom. The number of amides is 2. The molecule has 0 saturated carbocycles. The van der Waals surface area contributed by atoms with Crippen molar-refractivity contribution in [2.24, 2.45) is 5.92 Å². The molecule has 0 aliphatic carbocycles. The van der Waals surface area contributed by atoms with Gasteiger partial charge >= 0.3 is 12.1 Å². The first-order valence-electron chi connectivity index (χ1n) is 8.07. The molecule has 12 nitrogen and oxygen atoms in total. The fourth-order valence-electron chi connectivity index (χ4n) is 2.38. The molecule has 1 aliphatic heterocycles. The van der Waals surface area contributed by atoms with Crippen molar-refractivity contribution in [2.75, 3.05) is 19.1 Å². The Morgan fingerprint density at radius 3 is 2.56 bits per heavy atom. The van der Waals surface area contributed by atoms with E-state index < -0.39 is 47.4 Å². The smallest absolute Gasteiger partial charge is 0.409 e. The maximum absolute atomic E-state index is 12.4. The van der Waals surface area contributed by atoms with Gasteiger partial charge < -0.3 is 20.1 Å². The number of nitrogens with zero attached hydrogens (tertiary/aromatic N) is 2. The molecule has 13 heteroatoms. The highest BCUT2D eigenvalue weighted by atomic mass is 32.2. The Kier molecular flexibility index (Phi) is 9.45. The zero-order chi connectivity index (χ0) is 20.6. The van der Waals surface area contributed by atoms with E-state index in [9.17, 15) is 19.2 Å². The quantitative estimate of drug-likeness (QED) is 0.300. The molecular weight excluding hydrogens is 386 g/mol. The van der Waals surface area contributed by atoms with Crippen molar-refractivity contribution in [3.05, 3.63) is 0 Å². The molecule has 1 saturated heterocycles. The number of hydrogen-bond acceptors (Lipinski definition) is 10. The minimum Gasteiger partial charge on any atom is -0.480 e. The van der Waals surface area contributed by atoms with Crippen LogP contribution in [0.4, 0.5) is 4.79 Å². The third kappa shape index (κ3) is 7.68. The van der Waals surface area contributed by atoms with Crippen molar-refractivity contribution in [1.29, 1.82) is 0 Å². The van der Waals surface area contributed by atoms with Gasteiger partial charge in [0.05, 0.1) is 11.4 Å². The Labute approximate surface area is 159 Å². The average molecular weight is 409 g/mol. The van der Waals surface area contributed by atoms with E-state index in [-0.39, 0.29) is 11.7 Å². The summed E-state index contributed by atoms with van der Waals surface area (Å²) in [6.45, 7) is 2.62. The van der Waals surface area contributed by atoms with Crippen molar-refractivity contribution >= 4 is 34.8 Å². The Morgan fingerprint density at radius 2 is 1.96 bits per heavy atom. The summed E-state index contributed by atoms with van der Waals surface area (Å²) < 4.78 is 4.43. The molecule has 1 heterocycles. The lowest BCUT2D eigenvalue weighted by Gasteiger charge is -2.24. The van der Waals surface area contributed by atoms with Crippen LogP contribution >= 0.6 is 11.8 Å². The summed E-state index contributed by atoms with van der Waals surface area (Å²) in [6.07, 6.45) is 0.0269. The molecule has 154 valence electrons. The molecule has 1 fully saturated rings. The molecule has 1 aliphatic rings. The monoisotopic (exact) mass is 409 g/mol. The van der Waals surface area contributed by atoms with Gasteiger partial charge in [-0.2, -0.15) is 0 Å². The zero-order valence-corrected chi connectivity index (χ0v) is 15.7. The lowest BCUT2D eigenvalue weighted by molar-refractivity contribution is -0.503. The maximum Gasteiger partial charge on any atom is 0.409 e. The van der Waals surface area contributed by atoms with E-state index in [2.05, 4.69) is 14.9 Å². The Hall–Kier alpha value is -1.93. The van der Waals surface area contributed by atoms with Crippen LogP contribution in [0.2, 0.25) is 0 Å². The molecular formula is C14H23N3O9S. The summed E-state index contributed by atoms with van der Waals surface area (Å²) in [6, 6.07) is -1.75. The third-order valence-electron chi connectivity index (χ3n) is 3.76. The second-order valence-electron chi connectivity index (χ2n) is 5.86. The minimum atomic E-state index is -1.04. The number of nitrogens with one attached hydrogen (secondary N) is 1. The third-order valence-corrected chi connectivity index (χ3v) is 5.07. The highest BCUT2D eigenvalue weighted by Crippen LogP contribution is 2.22. The number of rotatable bonds is 9. The van der Waals surface area contributed by atoms with Crippen LogP contribution in [0.3, 0.4) is 0 Å². The van der Waals surface area contributed by atoms with Crippen molar-refractivity contribution in [3.8, 4) is 0 Å². The van der Waals surface area contributed by atoms with Crippen molar-refractivity contribution < 1.29 is 44.3 Å². The van der Waals surface area contributed by atoms with Gasteiger partial charge in [0.25, 0.3) is 0 Å². The van der Waals surface area contributed by atoms with Gasteiger partial charge in [-0.05, 0) is 19.8 Å². The van der Waals surface area contributed by atoms with Crippen LogP contribution in [-0.4, -0.2) is 80.1 Å². The number of ether oxygens (including phenoxy) is 1. The normalized spacial score (nSPS) is 18.9. The standard InChI is InChI=1S/C14H23N3O9S/c1-8(11(18)16-5-3-4-10(16)12(19)20)6-27-13(21)9(2)15-14(22)25-7-26-17(23)24/h8-10,23-24H,3-7H2,1-2H3,(H,15,22)(H,19,20)/t8-,9?,10+/m1/s1. The molecule has 0 radical (unpaired) electrons. The Balaban J connectivity index is 2.38. The number of carbonyl (C=O) groups is 4. The van der Waals surface area contributed by atoms with Gasteiger partial charge in [-0.3, -0.25) is 20.0 Å². The predicted molar refractivity (Wildman–Crippen MR) is 89.4 cm³/mol. The molecule has 0 aromatic rings. The fraction of sp³-hybridized carbons (Fsp3) is 0.714. The number of likely N-dealkylation sites (tertiary alicyclic amines) is 1. The SMILES string of the molecule is CC(NC(=O)OCON(O)O)C(=O)SC[C@@H](C)C(=O)N1CCC[C@H]1C(=O)O. The molecule has 27 heavy (non-hydrogen) atoms. The molecule has 2 amide bonds. The van der Waals surface area contributed by atoms with Gasteiger partial charge in [0.1, 0.15) is 6.04 Å². The predicted octanol–water partition coefficient (Wildman–Crippen LogP) is 0.0421. The molecule has 3 atom stereocenters. The van der Waals surface area contributed by atoms with Gasteiger partial charge in [0.15, 0.2) is 0 Å². The van der Waals surface area contributed by atoms with E-state index in [1.165, 1.54) is 11.8 Å². The van der Waals surface area contributed by atoms with Gasteiger partial charge in [-0.15, -0.1) is 0 Å². The second kappa shape index (κ2) is 11.0. The van der Waals surface area contributed by atoms with Crippen LogP contribution in [0.15, 0.2) is 0 Å². The molecule has 1 rings (SSSR count). The molecule has 0 aromatic carbocycles. The second-order valence-corrected chi connectivity index (χ2v) is 6.88. The van der Waals surface area contributed by atoms with E-state index in [4.69, 9.17) is 15.5 Å². The summed E-state index contributed by atoms with van der Waals surface area (Å²) in [4.78, 5) is 52.3. The first-order valence-corrected chi connectivity index (χ1v) is 9.06. The van der Waals surface area contributed by atoms with Gasteiger partial charge in [0, 0.05) is 18.2 Å². The summed E-state index contributed by atoms with van der Waals surface area (Å²) in [5.41, 5.74) is 0. The zero-order valence-electron chi connectivity index (χ0n) is 14.9. The van der Waals surface area contributed by atoms with Gasteiger partial charge in [0.2, 0.25) is 17.8 Å². The summed E-state index contributed by atoms with van der Waals surface area (Å²) in [5, 5.41) is 26.8. The molecule has 4 N–H and O–H groups in total. The molecule has 0 spiro atoms. The van der Waals surface area contributed by atoms with E-state index in [0.717, 1.165) is 11.8 Å². The largest absolute Gasteiger partial charge is 0.480 e. The van der Waals surface area contributed by atoms with Crippen LogP contribution in [-0.2, 0) is 24.0 Å². The number of carboxylic acid groups (broad SMARTS) is 1. The van der Waals surface area contributed by atoms with Crippen LogP contribution < -0.4 is 5.32 Å².